The van der Waals surface area contributed by atoms with E-state index in [-0.39, 0.29) is 0 Å². The molecule has 1 aliphatic heterocycles. The predicted molar refractivity (Wildman–Crippen MR) is 51.1 cm³/mol. The van der Waals surface area contributed by atoms with Crippen LogP contribution in [0.3, 0.4) is 0 Å². The van der Waals surface area contributed by atoms with Crippen molar-refractivity contribution in [1.29, 1.82) is 0 Å². The molecule has 2 heteroatoms. The second-order valence-electron chi connectivity index (χ2n) is 3.23. The minimum atomic E-state index is 0.338. The lowest BCUT2D eigenvalue weighted by Gasteiger charge is -2.08. The standard InChI is InChI=1S/C11H14O2/c1-2-9-5-3-4-6-11(9)13-8-10-7-12-10/h3-6,10H,2,7-8H2,1H3. The van der Waals surface area contributed by atoms with Crippen LogP contribution in [0.1, 0.15) is 12.5 Å². The van der Waals surface area contributed by atoms with E-state index in [0.717, 1.165) is 18.8 Å². The zero-order valence-corrected chi connectivity index (χ0v) is 7.82. The van der Waals surface area contributed by atoms with Crippen LogP contribution in [0.25, 0.3) is 0 Å². The smallest absolute Gasteiger partial charge is 0.122 e. The van der Waals surface area contributed by atoms with Gasteiger partial charge in [-0.3, -0.25) is 0 Å². The molecule has 2 rings (SSSR count). The maximum absolute atomic E-state index is 5.63. The van der Waals surface area contributed by atoms with Gasteiger partial charge in [0.1, 0.15) is 18.5 Å². The van der Waals surface area contributed by atoms with Crippen LogP contribution in [-0.4, -0.2) is 19.3 Å². The molecule has 1 aliphatic rings. The second-order valence-corrected chi connectivity index (χ2v) is 3.23. The van der Waals surface area contributed by atoms with Crippen molar-refractivity contribution in [2.24, 2.45) is 0 Å². The first-order chi connectivity index (χ1) is 6.40. The highest BCUT2D eigenvalue weighted by molar-refractivity contribution is 5.33. The topological polar surface area (TPSA) is 21.8 Å². The SMILES string of the molecule is CCc1ccccc1OCC1CO1. The molecule has 0 saturated carbocycles. The van der Waals surface area contributed by atoms with Crippen molar-refractivity contribution in [3.05, 3.63) is 29.8 Å². The Balaban J connectivity index is 1.99. The fraction of sp³-hybridized carbons (Fsp3) is 0.455. The van der Waals surface area contributed by atoms with E-state index >= 15 is 0 Å². The molecule has 2 nitrogen and oxygen atoms in total. The molecule has 0 amide bonds. The van der Waals surface area contributed by atoms with Gasteiger partial charge >= 0.3 is 0 Å². The Bertz CT molecular complexity index is 279. The normalized spacial score (nSPS) is 19.9. The highest BCUT2D eigenvalue weighted by Gasteiger charge is 2.23. The van der Waals surface area contributed by atoms with Crippen LogP contribution in [0.4, 0.5) is 0 Å². The number of para-hydroxylation sites is 1. The van der Waals surface area contributed by atoms with E-state index in [2.05, 4.69) is 13.0 Å². The van der Waals surface area contributed by atoms with Crippen LogP contribution in [0, 0.1) is 0 Å². The van der Waals surface area contributed by atoms with Crippen LogP contribution in [-0.2, 0) is 11.2 Å². The van der Waals surface area contributed by atoms with Crippen LogP contribution in [0.2, 0.25) is 0 Å². The maximum Gasteiger partial charge on any atom is 0.122 e. The fourth-order valence-electron chi connectivity index (χ4n) is 1.28. The summed E-state index contributed by atoms with van der Waals surface area (Å²) < 4.78 is 10.7. The minimum Gasteiger partial charge on any atom is -0.491 e. The second kappa shape index (κ2) is 3.79. The summed E-state index contributed by atoms with van der Waals surface area (Å²) in [5.74, 6) is 1.00. The van der Waals surface area contributed by atoms with E-state index in [0.29, 0.717) is 12.7 Å². The average Bonchev–Trinajstić information content (AvgIpc) is 2.99. The first-order valence-electron chi connectivity index (χ1n) is 4.72. The molecule has 0 aromatic heterocycles. The van der Waals surface area contributed by atoms with Crippen molar-refractivity contribution in [3.63, 3.8) is 0 Å². The van der Waals surface area contributed by atoms with E-state index in [1.165, 1.54) is 5.56 Å². The van der Waals surface area contributed by atoms with E-state index < -0.39 is 0 Å². The Morgan fingerprint density at radius 1 is 1.46 bits per heavy atom. The minimum absolute atomic E-state index is 0.338. The van der Waals surface area contributed by atoms with Crippen LogP contribution >= 0.6 is 0 Å². The van der Waals surface area contributed by atoms with Crippen LogP contribution < -0.4 is 4.74 Å². The summed E-state index contributed by atoms with van der Waals surface area (Å²) in [7, 11) is 0. The van der Waals surface area contributed by atoms with E-state index in [9.17, 15) is 0 Å². The Morgan fingerprint density at radius 2 is 2.23 bits per heavy atom. The van der Waals surface area contributed by atoms with Crippen molar-refractivity contribution in [3.8, 4) is 5.75 Å². The number of benzene rings is 1. The third-order valence-electron chi connectivity index (χ3n) is 2.18. The third kappa shape index (κ3) is 2.22. The largest absolute Gasteiger partial charge is 0.491 e. The van der Waals surface area contributed by atoms with Crippen molar-refractivity contribution in [2.45, 2.75) is 19.4 Å². The summed E-state index contributed by atoms with van der Waals surface area (Å²) in [4.78, 5) is 0. The molecule has 1 saturated heterocycles. The molecule has 1 unspecified atom stereocenters. The van der Waals surface area contributed by atoms with Crippen LogP contribution in [0.5, 0.6) is 5.75 Å². The number of ether oxygens (including phenoxy) is 2. The van der Waals surface area contributed by atoms with E-state index in [4.69, 9.17) is 9.47 Å². The van der Waals surface area contributed by atoms with Gasteiger partial charge in [0.15, 0.2) is 0 Å². The lowest BCUT2D eigenvalue weighted by molar-refractivity contribution is 0.261. The molecule has 0 spiro atoms. The molecule has 1 atom stereocenters. The summed E-state index contributed by atoms with van der Waals surface area (Å²) in [6, 6.07) is 8.16. The zero-order valence-electron chi connectivity index (χ0n) is 7.82. The van der Waals surface area contributed by atoms with Crippen molar-refractivity contribution in [2.75, 3.05) is 13.2 Å². The number of hydrogen-bond donors (Lipinski definition) is 0. The quantitative estimate of drug-likeness (QED) is 0.658. The molecule has 0 aliphatic carbocycles. The van der Waals surface area contributed by atoms with Crippen molar-refractivity contribution < 1.29 is 9.47 Å². The van der Waals surface area contributed by atoms with Gasteiger partial charge in [0, 0.05) is 0 Å². The molecule has 0 bridgehead atoms. The first kappa shape index (κ1) is 8.57. The van der Waals surface area contributed by atoms with Gasteiger partial charge in [-0.15, -0.1) is 0 Å². The number of hydrogen-bond acceptors (Lipinski definition) is 2. The fourth-order valence-corrected chi connectivity index (χ4v) is 1.28. The molecule has 0 radical (unpaired) electrons. The lowest BCUT2D eigenvalue weighted by Crippen LogP contribution is -2.05. The molecule has 1 heterocycles. The zero-order chi connectivity index (χ0) is 9.10. The van der Waals surface area contributed by atoms with Gasteiger partial charge in [-0.25, -0.2) is 0 Å². The molecule has 0 N–H and O–H groups in total. The van der Waals surface area contributed by atoms with Gasteiger partial charge in [0.25, 0.3) is 0 Å². The maximum atomic E-state index is 5.63. The summed E-state index contributed by atoms with van der Waals surface area (Å²) >= 11 is 0. The summed E-state index contributed by atoms with van der Waals surface area (Å²) in [6.45, 7) is 3.68. The van der Waals surface area contributed by atoms with Gasteiger partial charge in [0.05, 0.1) is 6.61 Å². The molecule has 1 fully saturated rings. The summed E-state index contributed by atoms with van der Waals surface area (Å²) in [5, 5.41) is 0. The molecule has 70 valence electrons. The Kier molecular flexibility index (Phi) is 2.50. The van der Waals surface area contributed by atoms with E-state index in [1.54, 1.807) is 0 Å². The van der Waals surface area contributed by atoms with Crippen molar-refractivity contribution in [1.82, 2.24) is 0 Å². The Morgan fingerprint density at radius 3 is 2.92 bits per heavy atom. The molecule has 13 heavy (non-hydrogen) atoms. The number of epoxide rings is 1. The van der Waals surface area contributed by atoms with Crippen LogP contribution in [0.15, 0.2) is 24.3 Å². The van der Waals surface area contributed by atoms with Gasteiger partial charge in [-0.2, -0.15) is 0 Å². The van der Waals surface area contributed by atoms with Gasteiger partial charge in [-0.05, 0) is 18.1 Å². The average molecular weight is 178 g/mol. The third-order valence-corrected chi connectivity index (χ3v) is 2.18. The van der Waals surface area contributed by atoms with Gasteiger partial charge < -0.3 is 9.47 Å². The monoisotopic (exact) mass is 178 g/mol. The molecular formula is C11H14O2. The van der Waals surface area contributed by atoms with Gasteiger partial charge in [-0.1, -0.05) is 25.1 Å². The Hall–Kier alpha value is -1.02. The molecular weight excluding hydrogens is 164 g/mol. The Labute approximate surface area is 78.5 Å². The van der Waals surface area contributed by atoms with Gasteiger partial charge in [0.2, 0.25) is 0 Å². The van der Waals surface area contributed by atoms with E-state index in [1.807, 2.05) is 18.2 Å². The lowest BCUT2D eigenvalue weighted by atomic mass is 10.1. The molecule has 1 aromatic rings. The number of rotatable bonds is 4. The predicted octanol–water partition coefficient (Wildman–Crippen LogP) is 2.03. The highest BCUT2D eigenvalue weighted by Crippen LogP contribution is 2.20. The van der Waals surface area contributed by atoms with Crippen molar-refractivity contribution >= 4 is 0 Å². The summed E-state index contributed by atoms with van der Waals surface area (Å²) in [5.41, 5.74) is 1.27. The molecule has 1 aromatic carbocycles. The first-order valence-corrected chi connectivity index (χ1v) is 4.72. The highest BCUT2D eigenvalue weighted by atomic mass is 16.6. The number of aryl methyl sites for hydroxylation is 1. The summed E-state index contributed by atoms with van der Waals surface area (Å²) in [6.07, 6.45) is 1.35.